The van der Waals surface area contributed by atoms with Gasteiger partial charge in [-0.15, -0.1) is 10.2 Å². The van der Waals surface area contributed by atoms with E-state index >= 15 is 0 Å². The Balaban J connectivity index is 1.61. The van der Waals surface area contributed by atoms with Crippen LogP contribution in [0.25, 0.3) is 5.82 Å². The Bertz CT molecular complexity index is 759. The second-order valence-corrected chi connectivity index (χ2v) is 5.10. The first-order chi connectivity index (χ1) is 11.2. The van der Waals surface area contributed by atoms with Gasteiger partial charge >= 0.3 is 0 Å². The minimum absolute atomic E-state index is 0.579. The van der Waals surface area contributed by atoms with E-state index in [0.717, 1.165) is 11.3 Å². The van der Waals surface area contributed by atoms with E-state index in [9.17, 15) is 0 Å². The van der Waals surface area contributed by atoms with Crippen molar-refractivity contribution in [3.05, 3.63) is 60.7 Å². The number of nitrogens with zero attached hydrogens (tertiary/aromatic N) is 6. The van der Waals surface area contributed by atoms with Crippen molar-refractivity contribution in [2.75, 3.05) is 24.4 Å². The van der Waals surface area contributed by atoms with Crippen LogP contribution < -0.4 is 10.3 Å². The molecule has 1 aromatic carbocycles. The summed E-state index contributed by atoms with van der Waals surface area (Å²) in [6.07, 6.45) is 6.92. The van der Waals surface area contributed by atoms with Crippen LogP contribution in [0.1, 0.15) is 5.56 Å². The van der Waals surface area contributed by atoms with Crippen molar-refractivity contribution in [3.63, 3.8) is 0 Å². The molecule has 7 nitrogen and oxygen atoms in total. The number of nitrogens with one attached hydrogen (secondary N) is 1. The van der Waals surface area contributed by atoms with Crippen LogP contribution in [0.2, 0.25) is 0 Å². The van der Waals surface area contributed by atoms with Crippen molar-refractivity contribution >= 4 is 17.7 Å². The van der Waals surface area contributed by atoms with Crippen molar-refractivity contribution in [2.24, 2.45) is 5.10 Å². The quantitative estimate of drug-likeness (QED) is 0.578. The fourth-order valence-electron chi connectivity index (χ4n) is 1.95. The largest absolute Gasteiger partial charge is 0.378 e. The molecule has 0 atom stereocenters. The minimum Gasteiger partial charge on any atom is -0.378 e. The molecular weight excluding hydrogens is 290 g/mol. The molecule has 3 aromatic rings. The van der Waals surface area contributed by atoms with Crippen LogP contribution in [0.15, 0.2) is 60.2 Å². The van der Waals surface area contributed by atoms with E-state index in [0.29, 0.717) is 11.6 Å². The minimum atomic E-state index is 0.579. The van der Waals surface area contributed by atoms with Crippen LogP contribution in [0.3, 0.4) is 0 Å². The Morgan fingerprint density at radius 1 is 1.09 bits per heavy atom. The highest BCUT2D eigenvalue weighted by Gasteiger charge is 1.98. The monoisotopic (exact) mass is 307 g/mol. The molecular formula is C16H17N7. The summed E-state index contributed by atoms with van der Waals surface area (Å²) in [5, 5.41) is 12.4. The molecule has 2 aromatic heterocycles. The number of hydrogen-bond acceptors (Lipinski definition) is 6. The average Bonchev–Trinajstić information content (AvgIpc) is 3.10. The molecule has 0 aliphatic rings. The van der Waals surface area contributed by atoms with Gasteiger partial charge in [-0.2, -0.15) is 5.10 Å². The standard InChI is InChI=1S/C16H17N7/c1-22(2)14-5-3-13(4-6-14)11-18-19-15-7-8-16(21-20-15)23-10-9-17-12-23/h3-12H,1-2H3,(H,19,20). The van der Waals surface area contributed by atoms with Gasteiger partial charge in [0.1, 0.15) is 6.33 Å². The molecule has 0 radical (unpaired) electrons. The van der Waals surface area contributed by atoms with Crippen LogP contribution in [0.5, 0.6) is 0 Å². The number of anilines is 2. The van der Waals surface area contributed by atoms with Gasteiger partial charge in [0.25, 0.3) is 0 Å². The van der Waals surface area contributed by atoms with Crippen molar-refractivity contribution in [1.82, 2.24) is 19.7 Å². The van der Waals surface area contributed by atoms with E-state index in [4.69, 9.17) is 0 Å². The van der Waals surface area contributed by atoms with Crippen LogP contribution in [0.4, 0.5) is 11.5 Å². The Hall–Kier alpha value is -3.22. The lowest BCUT2D eigenvalue weighted by molar-refractivity contribution is 0.911. The first-order valence-electron chi connectivity index (χ1n) is 7.11. The molecule has 7 heteroatoms. The summed E-state index contributed by atoms with van der Waals surface area (Å²) in [6.45, 7) is 0. The highest BCUT2D eigenvalue weighted by Crippen LogP contribution is 2.11. The number of hydrazone groups is 1. The fraction of sp³-hybridized carbons (Fsp3) is 0.125. The Morgan fingerprint density at radius 3 is 2.52 bits per heavy atom. The zero-order chi connectivity index (χ0) is 16.1. The third kappa shape index (κ3) is 3.70. The maximum atomic E-state index is 4.17. The summed E-state index contributed by atoms with van der Waals surface area (Å²) in [5.74, 6) is 1.28. The van der Waals surface area contributed by atoms with Crippen molar-refractivity contribution in [1.29, 1.82) is 0 Å². The Labute approximate surface area is 134 Å². The fourth-order valence-corrected chi connectivity index (χ4v) is 1.95. The van der Waals surface area contributed by atoms with Gasteiger partial charge < -0.3 is 4.90 Å². The molecule has 0 unspecified atom stereocenters. The molecule has 3 rings (SSSR count). The van der Waals surface area contributed by atoms with E-state index in [-0.39, 0.29) is 0 Å². The maximum Gasteiger partial charge on any atom is 0.168 e. The smallest absolute Gasteiger partial charge is 0.168 e. The maximum absolute atomic E-state index is 4.17. The number of rotatable bonds is 5. The van der Waals surface area contributed by atoms with Gasteiger partial charge in [0.05, 0.1) is 6.21 Å². The summed E-state index contributed by atoms with van der Waals surface area (Å²) >= 11 is 0. The first kappa shape index (κ1) is 14.7. The predicted molar refractivity (Wildman–Crippen MR) is 91.1 cm³/mol. The summed E-state index contributed by atoms with van der Waals surface area (Å²) in [7, 11) is 4.02. The van der Waals surface area contributed by atoms with Crippen molar-refractivity contribution in [2.45, 2.75) is 0 Å². The number of hydrogen-bond donors (Lipinski definition) is 1. The van der Waals surface area contributed by atoms with E-state index in [1.165, 1.54) is 0 Å². The second-order valence-electron chi connectivity index (χ2n) is 5.10. The van der Waals surface area contributed by atoms with Crippen molar-refractivity contribution in [3.8, 4) is 5.82 Å². The van der Waals surface area contributed by atoms with Crippen molar-refractivity contribution < 1.29 is 0 Å². The summed E-state index contributed by atoms with van der Waals surface area (Å²) in [4.78, 5) is 6.03. The number of imidazole rings is 1. The van der Waals surface area contributed by atoms with Gasteiger partial charge in [-0.1, -0.05) is 12.1 Å². The molecule has 2 heterocycles. The molecule has 0 fully saturated rings. The molecule has 0 amide bonds. The van der Waals surface area contributed by atoms with E-state index in [1.807, 2.05) is 56.7 Å². The highest BCUT2D eigenvalue weighted by atomic mass is 15.3. The van der Waals surface area contributed by atoms with Crippen LogP contribution in [-0.2, 0) is 0 Å². The first-order valence-corrected chi connectivity index (χ1v) is 7.11. The van der Waals surface area contributed by atoms with Crippen LogP contribution in [0, 0.1) is 0 Å². The van der Waals surface area contributed by atoms with E-state index < -0.39 is 0 Å². The predicted octanol–water partition coefficient (Wildman–Crippen LogP) is 2.17. The normalized spacial score (nSPS) is 10.9. The summed E-state index contributed by atoms with van der Waals surface area (Å²) < 4.78 is 1.78. The third-order valence-electron chi connectivity index (χ3n) is 3.22. The second kappa shape index (κ2) is 6.69. The molecule has 23 heavy (non-hydrogen) atoms. The molecule has 0 saturated heterocycles. The molecule has 1 N–H and O–H groups in total. The van der Waals surface area contributed by atoms with Gasteiger partial charge in [0.2, 0.25) is 0 Å². The zero-order valence-electron chi connectivity index (χ0n) is 13.0. The lowest BCUT2D eigenvalue weighted by atomic mass is 10.2. The average molecular weight is 307 g/mol. The topological polar surface area (TPSA) is 71.2 Å². The molecule has 116 valence electrons. The van der Waals surface area contributed by atoms with Gasteiger partial charge in [-0.3, -0.25) is 9.99 Å². The third-order valence-corrected chi connectivity index (χ3v) is 3.22. The molecule has 0 saturated carbocycles. The SMILES string of the molecule is CN(C)c1ccc(C=NNc2ccc(-n3ccnc3)nn2)cc1. The Morgan fingerprint density at radius 2 is 1.91 bits per heavy atom. The van der Waals surface area contributed by atoms with Crippen LogP contribution >= 0.6 is 0 Å². The zero-order valence-corrected chi connectivity index (χ0v) is 13.0. The lowest BCUT2D eigenvalue weighted by Gasteiger charge is -2.11. The van der Waals surface area contributed by atoms with Gasteiger partial charge in [-0.25, -0.2) is 4.98 Å². The highest BCUT2D eigenvalue weighted by molar-refractivity contribution is 5.80. The number of aromatic nitrogens is 4. The van der Waals surface area contributed by atoms with E-state index in [1.54, 1.807) is 23.3 Å². The van der Waals surface area contributed by atoms with E-state index in [2.05, 4.69) is 30.6 Å². The van der Waals surface area contributed by atoms with Gasteiger partial charge in [-0.05, 0) is 29.8 Å². The molecule has 0 aliphatic heterocycles. The van der Waals surface area contributed by atoms with Gasteiger partial charge in [0.15, 0.2) is 11.6 Å². The molecule has 0 bridgehead atoms. The molecule has 0 spiro atoms. The molecule has 0 aliphatic carbocycles. The number of benzene rings is 1. The summed E-state index contributed by atoms with van der Waals surface area (Å²) in [6, 6.07) is 11.8. The summed E-state index contributed by atoms with van der Waals surface area (Å²) in [5.41, 5.74) is 5.02. The van der Waals surface area contributed by atoms with Crippen LogP contribution in [-0.4, -0.2) is 40.1 Å². The Kier molecular flexibility index (Phi) is 4.28. The lowest BCUT2D eigenvalue weighted by Crippen LogP contribution is -2.08. The van der Waals surface area contributed by atoms with Gasteiger partial charge in [0, 0.05) is 32.2 Å².